The molecule has 0 aliphatic carbocycles. The Morgan fingerprint density at radius 2 is 1.89 bits per heavy atom. The normalized spacial score (nSPS) is 21.4. The maximum atomic E-state index is 11.8. The van der Waals surface area contributed by atoms with Gasteiger partial charge in [0.05, 0.1) is 7.11 Å². The van der Waals surface area contributed by atoms with Gasteiger partial charge in [-0.25, -0.2) is 0 Å². The minimum atomic E-state index is -0.579. The SMILES string of the molecule is CNC(C)(CCN1CCN(C(C)C)CC1)C(=O)OC. The van der Waals surface area contributed by atoms with Crippen molar-refractivity contribution in [2.24, 2.45) is 0 Å². The molecular weight excluding hydrogens is 242 g/mol. The van der Waals surface area contributed by atoms with Crippen LogP contribution in [-0.4, -0.2) is 74.2 Å². The van der Waals surface area contributed by atoms with E-state index >= 15 is 0 Å². The monoisotopic (exact) mass is 271 g/mol. The fourth-order valence-electron chi connectivity index (χ4n) is 2.44. The molecule has 1 aliphatic rings. The number of carbonyl (C=O) groups is 1. The van der Waals surface area contributed by atoms with Crippen LogP contribution >= 0.6 is 0 Å². The van der Waals surface area contributed by atoms with E-state index < -0.39 is 5.54 Å². The Kier molecular flexibility index (Phi) is 6.23. The van der Waals surface area contributed by atoms with E-state index in [-0.39, 0.29) is 5.97 Å². The Bertz CT molecular complexity index is 288. The first-order valence-electron chi connectivity index (χ1n) is 7.16. The molecule has 0 radical (unpaired) electrons. The Morgan fingerprint density at radius 1 is 1.32 bits per heavy atom. The molecule has 1 heterocycles. The minimum Gasteiger partial charge on any atom is -0.468 e. The molecule has 1 fully saturated rings. The standard InChI is InChI=1S/C14H29N3O2/c1-12(2)17-10-8-16(9-11-17)7-6-14(3,15-4)13(18)19-5/h12,15H,6-11H2,1-5H3. The summed E-state index contributed by atoms with van der Waals surface area (Å²) in [5.74, 6) is -0.184. The number of nitrogens with one attached hydrogen (secondary N) is 1. The lowest BCUT2D eigenvalue weighted by atomic mass is 9.97. The molecule has 112 valence electrons. The van der Waals surface area contributed by atoms with E-state index in [1.807, 2.05) is 14.0 Å². The number of carbonyl (C=O) groups excluding carboxylic acids is 1. The topological polar surface area (TPSA) is 44.8 Å². The summed E-state index contributed by atoms with van der Waals surface area (Å²) >= 11 is 0. The molecular formula is C14H29N3O2. The highest BCUT2D eigenvalue weighted by molar-refractivity contribution is 5.80. The summed E-state index contributed by atoms with van der Waals surface area (Å²) < 4.78 is 4.87. The highest BCUT2D eigenvalue weighted by Crippen LogP contribution is 2.14. The quantitative estimate of drug-likeness (QED) is 0.715. The van der Waals surface area contributed by atoms with Gasteiger partial charge in [0.2, 0.25) is 0 Å². The van der Waals surface area contributed by atoms with E-state index in [2.05, 4.69) is 29.0 Å². The lowest BCUT2D eigenvalue weighted by Gasteiger charge is -2.38. The second-order valence-corrected chi connectivity index (χ2v) is 5.80. The molecule has 1 unspecified atom stereocenters. The summed E-state index contributed by atoms with van der Waals surface area (Å²) in [5, 5.41) is 3.08. The van der Waals surface area contributed by atoms with Crippen LogP contribution in [0.15, 0.2) is 0 Å². The average molecular weight is 271 g/mol. The number of nitrogens with zero attached hydrogens (tertiary/aromatic N) is 2. The van der Waals surface area contributed by atoms with Gasteiger partial charge < -0.3 is 15.0 Å². The Labute approximate surface area is 117 Å². The van der Waals surface area contributed by atoms with Gasteiger partial charge in [-0.1, -0.05) is 0 Å². The zero-order chi connectivity index (χ0) is 14.5. The second kappa shape index (κ2) is 7.22. The molecule has 0 aromatic rings. The third-order valence-corrected chi connectivity index (χ3v) is 4.25. The molecule has 1 aliphatic heterocycles. The molecule has 0 saturated carbocycles. The second-order valence-electron chi connectivity index (χ2n) is 5.80. The largest absolute Gasteiger partial charge is 0.468 e. The molecule has 1 N–H and O–H groups in total. The molecule has 1 atom stereocenters. The molecule has 19 heavy (non-hydrogen) atoms. The smallest absolute Gasteiger partial charge is 0.325 e. The molecule has 0 aromatic heterocycles. The third-order valence-electron chi connectivity index (χ3n) is 4.25. The molecule has 0 spiro atoms. The average Bonchev–Trinajstić information content (AvgIpc) is 2.44. The molecule has 5 heteroatoms. The summed E-state index contributed by atoms with van der Waals surface area (Å²) in [6.07, 6.45) is 0.776. The fourth-order valence-corrected chi connectivity index (χ4v) is 2.44. The van der Waals surface area contributed by atoms with Gasteiger partial charge in [0.15, 0.2) is 0 Å². The first-order chi connectivity index (χ1) is 8.92. The van der Waals surface area contributed by atoms with Crippen molar-refractivity contribution in [2.75, 3.05) is 46.9 Å². The molecule has 0 aromatic carbocycles. The van der Waals surface area contributed by atoms with Gasteiger partial charge in [-0.05, 0) is 34.2 Å². The predicted octanol–water partition coefficient (Wildman–Crippen LogP) is 0.554. The van der Waals surface area contributed by atoms with E-state index in [9.17, 15) is 4.79 Å². The number of rotatable bonds is 6. The van der Waals surface area contributed by atoms with Gasteiger partial charge in [0, 0.05) is 38.8 Å². The van der Waals surface area contributed by atoms with Crippen molar-refractivity contribution in [3.63, 3.8) is 0 Å². The van der Waals surface area contributed by atoms with Gasteiger partial charge in [-0.2, -0.15) is 0 Å². The van der Waals surface area contributed by atoms with Crippen LogP contribution in [0, 0.1) is 0 Å². The summed E-state index contributed by atoms with van der Waals surface area (Å²) in [4.78, 5) is 16.7. The number of ether oxygens (including phenoxy) is 1. The van der Waals surface area contributed by atoms with E-state index in [4.69, 9.17) is 4.74 Å². The highest BCUT2D eigenvalue weighted by atomic mass is 16.5. The van der Waals surface area contributed by atoms with Gasteiger partial charge in [-0.3, -0.25) is 9.69 Å². The van der Waals surface area contributed by atoms with Gasteiger partial charge in [-0.15, -0.1) is 0 Å². The number of hydrogen-bond acceptors (Lipinski definition) is 5. The first-order valence-corrected chi connectivity index (χ1v) is 7.16. The van der Waals surface area contributed by atoms with Crippen LogP contribution in [0.1, 0.15) is 27.2 Å². The number of piperazine rings is 1. The third kappa shape index (κ3) is 4.44. The minimum absolute atomic E-state index is 0.184. The van der Waals surface area contributed by atoms with E-state index in [0.717, 1.165) is 39.1 Å². The van der Waals surface area contributed by atoms with Crippen LogP contribution in [0.3, 0.4) is 0 Å². The molecule has 1 rings (SSSR count). The number of likely N-dealkylation sites (N-methyl/N-ethyl adjacent to an activating group) is 1. The number of methoxy groups -OCH3 is 1. The van der Waals surface area contributed by atoms with Gasteiger partial charge in [0.25, 0.3) is 0 Å². The Morgan fingerprint density at radius 3 is 2.32 bits per heavy atom. The molecule has 5 nitrogen and oxygen atoms in total. The maximum Gasteiger partial charge on any atom is 0.325 e. The van der Waals surface area contributed by atoms with Crippen molar-refractivity contribution in [3.8, 4) is 0 Å². The van der Waals surface area contributed by atoms with Crippen molar-refractivity contribution in [1.82, 2.24) is 15.1 Å². The molecule has 0 amide bonds. The first kappa shape index (κ1) is 16.4. The fraction of sp³-hybridized carbons (Fsp3) is 0.929. The van der Waals surface area contributed by atoms with Crippen LogP contribution in [0.25, 0.3) is 0 Å². The van der Waals surface area contributed by atoms with E-state index in [0.29, 0.717) is 6.04 Å². The van der Waals surface area contributed by atoms with Crippen molar-refractivity contribution >= 4 is 5.97 Å². The lowest BCUT2D eigenvalue weighted by molar-refractivity contribution is -0.148. The Balaban J connectivity index is 2.39. The van der Waals surface area contributed by atoms with Crippen LogP contribution < -0.4 is 5.32 Å². The lowest BCUT2D eigenvalue weighted by Crippen LogP contribution is -2.53. The van der Waals surface area contributed by atoms with Crippen LogP contribution in [0.2, 0.25) is 0 Å². The summed E-state index contributed by atoms with van der Waals surface area (Å²) in [6, 6.07) is 0.625. The number of esters is 1. The van der Waals surface area contributed by atoms with Crippen molar-refractivity contribution < 1.29 is 9.53 Å². The molecule has 1 saturated heterocycles. The zero-order valence-electron chi connectivity index (χ0n) is 13.0. The van der Waals surface area contributed by atoms with E-state index in [1.54, 1.807) is 0 Å². The van der Waals surface area contributed by atoms with E-state index in [1.165, 1.54) is 7.11 Å². The Hall–Kier alpha value is -0.650. The summed E-state index contributed by atoms with van der Waals surface area (Å²) in [5.41, 5.74) is -0.579. The van der Waals surface area contributed by atoms with Crippen LogP contribution in [0.5, 0.6) is 0 Å². The predicted molar refractivity (Wildman–Crippen MR) is 77.2 cm³/mol. The van der Waals surface area contributed by atoms with Crippen LogP contribution in [-0.2, 0) is 9.53 Å². The van der Waals surface area contributed by atoms with Crippen LogP contribution in [0.4, 0.5) is 0 Å². The zero-order valence-corrected chi connectivity index (χ0v) is 13.0. The summed E-state index contributed by atoms with van der Waals surface area (Å²) in [7, 11) is 3.26. The maximum absolute atomic E-state index is 11.8. The molecule has 0 bridgehead atoms. The highest BCUT2D eigenvalue weighted by Gasteiger charge is 2.33. The van der Waals surface area contributed by atoms with Gasteiger partial charge in [0.1, 0.15) is 5.54 Å². The van der Waals surface area contributed by atoms with Crippen molar-refractivity contribution in [3.05, 3.63) is 0 Å². The van der Waals surface area contributed by atoms with Gasteiger partial charge >= 0.3 is 5.97 Å². The van der Waals surface area contributed by atoms with Crippen molar-refractivity contribution in [2.45, 2.75) is 38.8 Å². The van der Waals surface area contributed by atoms with Crippen molar-refractivity contribution in [1.29, 1.82) is 0 Å². The summed E-state index contributed by atoms with van der Waals surface area (Å²) in [6.45, 7) is 11.7. The number of hydrogen-bond donors (Lipinski definition) is 1.